The Bertz CT molecular complexity index is 208. The molecule has 2 fully saturated rings. The molecule has 1 saturated carbocycles. The van der Waals surface area contributed by atoms with E-state index in [0.29, 0.717) is 11.5 Å². The van der Waals surface area contributed by atoms with E-state index in [1.54, 1.807) is 0 Å². The number of rotatable bonds is 2. The molecule has 0 aromatic carbocycles. The second-order valence-corrected chi connectivity index (χ2v) is 5.93. The number of likely N-dealkylation sites (tertiary alicyclic amines) is 1. The molecule has 0 radical (unpaired) electrons. The molecule has 0 aromatic heterocycles. The first-order chi connectivity index (χ1) is 6.50. The Morgan fingerprint density at radius 1 is 1.29 bits per heavy atom. The first kappa shape index (κ1) is 10.4. The molecule has 82 valence electrons. The number of nitrogens with two attached hydrogens (primary N) is 1. The van der Waals surface area contributed by atoms with Crippen LogP contribution in [0.25, 0.3) is 0 Å². The molecule has 1 saturated heterocycles. The molecule has 0 amide bonds. The molecule has 2 atom stereocenters. The first-order valence-corrected chi connectivity index (χ1v) is 6.00. The van der Waals surface area contributed by atoms with Gasteiger partial charge in [0.05, 0.1) is 0 Å². The molecule has 14 heavy (non-hydrogen) atoms. The number of hydrogen-bond acceptors (Lipinski definition) is 2. The van der Waals surface area contributed by atoms with Crippen LogP contribution in [0.15, 0.2) is 0 Å². The minimum Gasteiger partial charge on any atom is -0.327 e. The molecule has 2 heteroatoms. The Morgan fingerprint density at radius 2 is 1.93 bits per heavy atom. The summed E-state index contributed by atoms with van der Waals surface area (Å²) >= 11 is 0. The molecule has 1 aliphatic heterocycles. The molecule has 0 aromatic rings. The Kier molecular flexibility index (Phi) is 2.61. The summed E-state index contributed by atoms with van der Waals surface area (Å²) < 4.78 is 0. The maximum absolute atomic E-state index is 6.14. The summed E-state index contributed by atoms with van der Waals surface area (Å²) in [7, 11) is 0. The second kappa shape index (κ2) is 3.49. The highest BCUT2D eigenvalue weighted by atomic mass is 15.2. The van der Waals surface area contributed by atoms with Gasteiger partial charge >= 0.3 is 0 Å². The van der Waals surface area contributed by atoms with Crippen molar-refractivity contribution in [3.63, 3.8) is 0 Å². The van der Waals surface area contributed by atoms with E-state index in [1.807, 2.05) is 0 Å². The van der Waals surface area contributed by atoms with Crippen LogP contribution in [0.3, 0.4) is 0 Å². The lowest BCUT2D eigenvalue weighted by molar-refractivity contribution is 0.0593. The van der Waals surface area contributed by atoms with Gasteiger partial charge in [-0.1, -0.05) is 13.8 Å². The highest BCUT2D eigenvalue weighted by Crippen LogP contribution is 2.38. The van der Waals surface area contributed by atoms with Crippen molar-refractivity contribution in [1.29, 1.82) is 0 Å². The standard InChI is InChI=1S/C12H24N2/c1-9(10-4-5-10)14-7-6-11(13)12(2,3)8-14/h9-11H,4-8,13H2,1-3H3. The molecule has 0 bridgehead atoms. The van der Waals surface area contributed by atoms with Gasteiger partial charge in [-0.2, -0.15) is 0 Å². The average Bonchev–Trinajstić information content (AvgIpc) is 2.91. The van der Waals surface area contributed by atoms with Gasteiger partial charge in [0.25, 0.3) is 0 Å². The zero-order chi connectivity index (χ0) is 10.3. The summed E-state index contributed by atoms with van der Waals surface area (Å²) in [6, 6.07) is 1.19. The van der Waals surface area contributed by atoms with Crippen molar-refractivity contribution in [3.05, 3.63) is 0 Å². The summed E-state index contributed by atoms with van der Waals surface area (Å²) in [6.45, 7) is 9.41. The van der Waals surface area contributed by atoms with Crippen LogP contribution >= 0.6 is 0 Å². The third kappa shape index (κ3) is 1.96. The normalized spacial score (nSPS) is 35.6. The van der Waals surface area contributed by atoms with Crippen molar-refractivity contribution in [1.82, 2.24) is 4.90 Å². The summed E-state index contributed by atoms with van der Waals surface area (Å²) in [5.74, 6) is 0.986. The highest BCUT2D eigenvalue weighted by Gasteiger charge is 2.39. The van der Waals surface area contributed by atoms with Crippen LogP contribution < -0.4 is 5.73 Å². The Balaban J connectivity index is 1.95. The van der Waals surface area contributed by atoms with Gasteiger partial charge in [-0.3, -0.25) is 4.90 Å². The van der Waals surface area contributed by atoms with Crippen LogP contribution in [0.5, 0.6) is 0 Å². The van der Waals surface area contributed by atoms with E-state index in [4.69, 9.17) is 5.73 Å². The molecule has 2 unspecified atom stereocenters. The van der Waals surface area contributed by atoms with Gasteiger partial charge in [0.2, 0.25) is 0 Å². The van der Waals surface area contributed by atoms with Gasteiger partial charge in [-0.05, 0) is 44.1 Å². The maximum Gasteiger partial charge on any atom is 0.0115 e. The van der Waals surface area contributed by atoms with Gasteiger partial charge in [-0.15, -0.1) is 0 Å². The monoisotopic (exact) mass is 196 g/mol. The minimum atomic E-state index is 0.307. The summed E-state index contributed by atoms with van der Waals surface area (Å²) in [5, 5.41) is 0. The number of piperidine rings is 1. The smallest absolute Gasteiger partial charge is 0.0115 e. The molecule has 1 aliphatic carbocycles. The summed E-state index contributed by atoms with van der Waals surface area (Å²) in [5.41, 5.74) is 6.45. The van der Waals surface area contributed by atoms with Crippen molar-refractivity contribution in [3.8, 4) is 0 Å². The van der Waals surface area contributed by atoms with Gasteiger partial charge in [0, 0.05) is 18.6 Å². The van der Waals surface area contributed by atoms with Crippen molar-refractivity contribution in [2.75, 3.05) is 13.1 Å². The van der Waals surface area contributed by atoms with E-state index >= 15 is 0 Å². The van der Waals surface area contributed by atoms with E-state index in [2.05, 4.69) is 25.7 Å². The van der Waals surface area contributed by atoms with Gasteiger partial charge in [-0.25, -0.2) is 0 Å². The summed E-state index contributed by atoms with van der Waals surface area (Å²) in [6.07, 6.45) is 4.07. The lowest BCUT2D eigenvalue weighted by Gasteiger charge is -2.45. The Labute approximate surface area is 87.8 Å². The van der Waals surface area contributed by atoms with Gasteiger partial charge in [0.1, 0.15) is 0 Å². The summed E-state index contributed by atoms with van der Waals surface area (Å²) in [4.78, 5) is 2.65. The van der Waals surface area contributed by atoms with E-state index in [9.17, 15) is 0 Å². The molecule has 0 spiro atoms. The molecule has 1 heterocycles. The maximum atomic E-state index is 6.14. The van der Waals surface area contributed by atoms with Crippen molar-refractivity contribution in [2.45, 2.75) is 52.1 Å². The number of nitrogens with zero attached hydrogens (tertiary/aromatic N) is 1. The molecule has 2 nitrogen and oxygen atoms in total. The van der Waals surface area contributed by atoms with Crippen LogP contribution in [-0.4, -0.2) is 30.1 Å². The predicted molar refractivity (Wildman–Crippen MR) is 60.1 cm³/mol. The minimum absolute atomic E-state index is 0.307. The number of hydrogen-bond donors (Lipinski definition) is 1. The van der Waals surface area contributed by atoms with E-state index in [1.165, 1.54) is 32.4 Å². The molecule has 2 rings (SSSR count). The van der Waals surface area contributed by atoms with Crippen LogP contribution in [-0.2, 0) is 0 Å². The van der Waals surface area contributed by atoms with E-state index in [-0.39, 0.29) is 0 Å². The SMILES string of the molecule is CC(C1CC1)N1CCC(N)C(C)(C)C1. The molecule has 2 aliphatic rings. The van der Waals surface area contributed by atoms with Gasteiger partial charge < -0.3 is 5.73 Å². The van der Waals surface area contributed by atoms with Crippen LogP contribution in [0, 0.1) is 11.3 Å². The fraction of sp³-hybridized carbons (Fsp3) is 1.00. The third-order valence-electron chi connectivity index (χ3n) is 4.22. The van der Waals surface area contributed by atoms with Crippen molar-refractivity contribution in [2.24, 2.45) is 17.1 Å². The zero-order valence-electron chi connectivity index (χ0n) is 9.79. The fourth-order valence-electron chi connectivity index (χ4n) is 2.64. The zero-order valence-corrected chi connectivity index (χ0v) is 9.79. The molecular formula is C12H24N2. The fourth-order valence-corrected chi connectivity index (χ4v) is 2.64. The lowest BCUT2D eigenvalue weighted by Crippen LogP contribution is -2.54. The van der Waals surface area contributed by atoms with Gasteiger partial charge in [0.15, 0.2) is 0 Å². The second-order valence-electron chi connectivity index (χ2n) is 5.93. The first-order valence-electron chi connectivity index (χ1n) is 6.00. The predicted octanol–water partition coefficient (Wildman–Crippen LogP) is 1.84. The van der Waals surface area contributed by atoms with E-state index in [0.717, 1.165) is 12.0 Å². The Hall–Kier alpha value is -0.0800. The topological polar surface area (TPSA) is 29.3 Å². The lowest BCUT2D eigenvalue weighted by atomic mass is 9.79. The Morgan fingerprint density at radius 3 is 2.43 bits per heavy atom. The van der Waals surface area contributed by atoms with Crippen LogP contribution in [0.4, 0.5) is 0 Å². The molecular weight excluding hydrogens is 172 g/mol. The van der Waals surface area contributed by atoms with Crippen molar-refractivity contribution < 1.29 is 0 Å². The molecule has 2 N–H and O–H groups in total. The highest BCUT2D eigenvalue weighted by molar-refractivity contribution is 4.94. The van der Waals surface area contributed by atoms with Crippen molar-refractivity contribution >= 4 is 0 Å². The van der Waals surface area contributed by atoms with Crippen LogP contribution in [0.1, 0.15) is 40.0 Å². The largest absolute Gasteiger partial charge is 0.327 e. The third-order valence-corrected chi connectivity index (χ3v) is 4.22. The quantitative estimate of drug-likeness (QED) is 0.730. The van der Waals surface area contributed by atoms with Crippen LogP contribution in [0.2, 0.25) is 0 Å². The van der Waals surface area contributed by atoms with E-state index < -0.39 is 0 Å². The average molecular weight is 196 g/mol.